The fourth-order valence-electron chi connectivity index (χ4n) is 2.39. The lowest BCUT2D eigenvalue weighted by Crippen LogP contribution is -2.48. The Morgan fingerprint density at radius 3 is 2.71 bits per heavy atom. The normalized spacial score (nSPS) is 18.2. The number of carbonyl (C=O) groups excluding carboxylic acids is 1. The molecule has 5 nitrogen and oxygen atoms in total. The lowest BCUT2D eigenvalue weighted by atomic mass is 9.96. The molecule has 1 aromatic carbocycles. The summed E-state index contributed by atoms with van der Waals surface area (Å²) in [6.07, 6.45) is 1.91. The van der Waals surface area contributed by atoms with Gasteiger partial charge in [-0.2, -0.15) is 0 Å². The SMILES string of the molecule is CCCC(C)(N)C(=O)Nc1ccc2c(c1)S(=O)(=O)CC2.Cl. The molecule has 0 aromatic heterocycles. The maximum atomic E-state index is 12.1. The van der Waals surface area contributed by atoms with Crippen molar-refractivity contribution in [2.24, 2.45) is 5.73 Å². The molecule has 118 valence electrons. The lowest BCUT2D eigenvalue weighted by molar-refractivity contribution is -0.120. The van der Waals surface area contributed by atoms with Crippen LogP contribution in [0.2, 0.25) is 0 Å². The average Bonchev–Trinajstić information content (AvgIpc) is 2.65. The summed E-state index contributed by atoms with van der Waals surface area (Å²) in [7, 11) is -3.19. The molecule has 0 radical (unpaired) electrons. The van der Waals surface area contributed by atoms with Crippen LogP contribution in [0.1, 0.15) is 32.3 Å². The van der Waals surface area contributed by atoms with E-state index in [1.165, 1.54) is 6.07 Å². The van der Waals surface area contributed by atoms with Crippen LogP contribution < -0.4 is 11.1 Å². The van der Waals surface area contributed by atoms with Crippen LogP contribution in [-0.2, 0) is 21.1 Å². The third-order valence-electron chi connectivity index (χ3n) is 3.59. The monoisotopic (exact) mass is 332 g/mol. The molecule has 0 bridgehead atoms. The smallest absolute Gasteiger partial charge is 0.244 e. The second kappa shape index (κ2) is 6.34. The topological polar surface area (TPSA) is 89.3 Å². The first-order valence-corrected chi connectivity index (χ1v) is 8.37. The van der Waals surface area contributed by atoms with Crippen molar-refractivity contribution in [3.63, 3.8) is 0 Å². The Bertz CT molecular complexity index is 642. The molecule has 21 heavy (non-hydrogen) atoms. The molecule has 1 amide bonds. The van der Waals surface area contributed by atoms with Gasteiger partial charge in [0.05, 0.1) is 16.2 Å². The zero-order valence-corrected chi connectivity index (χ0v) is 13.8. The minimum absolute atomic E-state index is 0. The van der Waals surface area contributed by atoms with E-state index in [1.807, 2.05) is 6.92 Å². The molecule has 3 N–H and O–H groups in total. The Hall–Kier alpha value is -1.11. The highest BCUT2D eigenvalue weighted by Gasteiger charge is 2.29. The number of hydrogen-bond acceptors (Lipinski definition) is 4. The molecular formula is C14H21ClN2O3S. The summed E-state index contributed by atoms with van der Waals surface area (Å²) >= 11 is 0. The number of halogens is 1. The highest BCUT2D eigenvalue weighted by Crippen LogP contribution is 2.28. The van der Waals surface area contributed by atoms with Crippen molar-refractivity contribution >= 4 is 33.8 Å². The highest BCUT2D eigenvalue weighted by atomic mass is 35.5. The predicted molar refractivity (Wildman–Crippen MR) is 85.6 cm³/mol. The average molecular weight is 333 g/mol. The van der Waals surface area contributed by atoms with Crippen LogP contribution >= 0.6 is 12.4 Å². The van der Waals surface area contributed by atoms with Crippen molar-refractivity contribution in [1.82, 2.24) is 0 Å². The third kappa shape index (κ3) is 3.75. The number of sulfone groups is 1. The zero-order chi connectivity index (χ0) is 15.0. The van der Waals surface area contributed by atoms with Gasteiger partial charge in [-0.25, -0.2) is 8.42 Å². The first kappa shape index (κ1) is 17.9. The third-order valence-corrected chi connectivity index (χ3v) is 5.38. The molecule has 0 fully saturated rings. The van der Waals surface area contributed by atoms with Crippen molar-refractivity contribution in [2.45, 2.75) is 43.5 Å². The maximum Gasteiger partial charge on any atom is 0.244 e. The van der Waals surface area contributed by atoms with Gasteiger partial charge in [0, 0.05) is 5.69 Å². The lowest BCUT2D eigenvalue weighted by Gasteiger charge is -2.23. The van der Waals surface area contributed by atoms with Gasteiger partial charge in [-0.3, -0.25) is 4.79 Å². The fraction of sp³-hybridized carbons (Fsp3) is 0.500. The van der Waals surface area contributed by atoms with Crippen molar-refractivity contribution in [1.29, 1.82) is 0 Å². The predicted octanol–water partition coefficient (Wildman–Crippen LogP) is 1.89. The van der Waals surface area contributed by atoms with Crippen molar-refractivity contribution in [3.8, 4) is 0 Å². The van der Waals surface area contributed by atoms with Crippen molar-refractivity contribution < 1.29 is 13.2 Å². The minimum Gasteiger partial charge on any atom is -0.324 e. The number of nitrogens with two attached hydrogens (primary N) is 1. The van der Waals surface area contributed by atoms with Gasteiger partial charge in [-0.15, -0.1) is 12.4 Å². The molecule has 1 unspecified atom stereocenters. The molecule has 0 aliphatic carbocycles. The van der Waals surface area contributed by atoms with Gasteiger partial charge in [-0.1, -0.05) is 19.4 Å². The van der Waals surface area contributed by atoms with Crippen molar-refractivity contribution in [2.75, 3.05) is 11.1 Å². The Labute approximate surface area is 131 Å². The second-order valence-corrected chi connectivity index (χ2v) is 7.59. The number of nitrogens with one attached hydrogen (secondary N) is 1. The molecule has 0 saturated carbocycles. The molecule has 2 rings (SSSR count). The van der Waals surface area contributed by atoms with E-state index in [-0.39, 0.29) is 24.1 Å². The van der Waals surface area contributed by atoms with E-state index < -0.39 is 15.4 Å². The summed E-state index contributed by atoms with van der Waals surface area (Å²) in [5.74, 6) is -0.154. The number of aryl methyl sites for hydroxylation is 1. The quantitative estimate of drug-likeness (QED) is 0.881. The van der Waals surface area contributed by atoms with Gasteiger partial charge in [0.25, 0.3) is 0 Å². The van der Waals surface area contributed by atoms with Crippen LogP contribution in [0.5, 0.6) is 0 Å². The van der Waals surface area contributed by atoms with Gasteiger partial charge >= 0.3 is 0 Å². The van der Waals surface area contributed by atoms with Crippen LogP contribution in [0.4, 0.5) is 5.69 Å². The number of anilines is 1. The zero-order valence-electron chi connectivity index (χ0n) is 12.2. The number of benzene rings is 1. The summed E-state index contributed by atoms with van der Waals surface area (Å²) in [5.41, 5.74) is 6.29. The molecule has 1 aliphatic heterocycles. The Kier molecular flexibility index (Phi) is 5.41. The molecule has 1 aliphatic rings. The van der Waals surface area contributed by atoms with E-state index in [0.717, 1.165) is 12.0 Å². The van der Waals surface area contributed by atoms with E-state index >= 15 is 0 Å². The van der Waals surface area contributed by atoms with Crippen LogP contribution in [0.15, 0.2) is 23.1 Å². The number of fused-ring (bicyclic) bond motifs is 1. The number of hydrogen-bond donors (Lipinski definition) is 2. The van der Waals surface area contributed by atoms with Gasteiger partial charge in [0.15, 0.2) is 9.84 Å². The summed E-state index contributed by atoms with van der Waals surface area (Å²) < 4.78 is 23.7. The Balaban J connectivity index is 0.00000220. The first-order valence-electron chi connectivity index (χ1n) is 6.72. The highest BCUT2D eigenvalue weighted by molar-refractivity contribution is 7.91. The minimum atomic E-state index is -3.19. The number of amides is 1. The molecule has 7 heteroatoms. The molecule has 0 spiro atoms. The largest absolute Gasteiger partial charge is 0.324 e. The Morgan fingerprint density at radius 2 is 2.10 bits per heavy atom. The molecule has 0 saturated heterocycles. The maximum absolute atomic E-state index is 12.1. The number of rotatable bonds is 4. The van der Waals surface area contributed by atoms with E-state index in [9.17, 15) is 13.2 Å². The van der Waals surface area contributed by atoms with E-state index in [1.54, 1.807) is 19.1 Å². The second-order valence-electron chi connectivity index (χ2n) is 5.51. The Morgan fingerprint density at radius 1 is 1.43 bits per heavy atom. The summed E-state index contributed by atoms with van der Waals surface area (Å²) in [6.45, 7) is 3.64. The van der Waals surface area contributed by atoms with Crippen LogP contribution in [0, 0.1) is 0 Å². The van der Waals surface area contributed by atoms with Crippen LogP contribution in [0.3, 0.4) is 0 Å². The molecular weight excluding hydrogens is 312 g/mol. The van der Waals surface area contributed by atoms with Crippen LogP contribution in [-0.4, -0.2) is 25.6 Å². The fourth-order valence-corrected chi connectivity index (χ4v) is 3.97. The molecule has 1 atom stereocenters. The summed E-state index contributed by atoms with van der Waals surface area (Å²) in [6, 6.07) is 5.00. The molecule has 1 aromatic rings. The van der Waals surface area contributed by atoms with Crippen LogP contribution in [0.25, 0.3) is 0 Å². The molecule has 1 heterocycles. The van der Waals surface area contributed by atoms with Gasteiger partial charge in [0.2, 0.25) is 5.91 Å². The van der Waals surface area contributed by atoms with E-state index in [4.69, 9.17) is 5.73 Å². The summed E-state index contributed by atoms with van der Waals surface area (Å²) in [5, 5.41) is 2.71. The standard InChI is InChI=1S/C14H20N2O3S.ClH/c1-3-7-14(2,15)13(17)16-11-5-4-10-6-8-20(18,19)12(10)9-11;/h4-5,9H,3,6-8,15H2,1-2H3,(H,16,17);1H. The number of carbonyl (C=O) groups is 1. The van der Waals surface area contributed by atoms with Crippen molar-refractivity contribution in [3.05, 3.63) is 23.8 Å². The van der Waals surface area contributed by atoms with E-state index in [0.29, 0.717) is 23.4 Å². The van der Waals surface area contributed by atoms with Gasteiger partial charge < -0.3 is 11.1 Å². The van der Waals surface area contributed by atoms with Gasteiger partial charge in [0.1, 0.15) is 0 Å². The van der Waals surface area contributed by atoms with E-state index in [2.05, 4.69) is 5.32 Å². The summed E-state index contributed by atoms with van der Waals surface area (Å²) in [4.78, 5) is 12.4. The first-order chi connectivity index (χ1) is 9.26. The van der Waals surface area contributed by atoms with Gasteiger partial charge in [-0.05, 0) is 37.5 Å².